The molecule has 3 aliphatic carbocycles. The van der Waals surface area contributed by atoms with Gasteiger partial charge in [-0.2, -0.15) is 5.06 Å². The van der Waals surface area contributed by atoms with Crippen LogP contribution in [0.3, 0.4) is 0 Å². The first-order chi connectivity index (χ1) is 17.4. The number of nitrogens with zero attached hydrogens (tertiary/aromatic N) is 2. The lowest BCUT2D eigenvalue weighted by Gasteiger charge is -2.49. The van der Waals surface area contributed by atoms with Gasteiger partial charge in [-0.25, -0.2) is 0 Å². The van der Waals surface area contributed by atoms with Gasteiger partial charge in [0.1, 0.15) is 28.9 Å². The lowest BCUT2D eigenvalue weighted by atomic mass is 9.57. The fourth-order valence-corrected chi connectivity index (χ4v) is 5.67. The number of phenols is 1. The summed E-state index contributed by atoms with van der Waals surface area (Å²) in [6.07, 6.45) is -0.208. The minimum Gasteiger partial charge on any atom is -0.508 e. The molecule has 1 aromatic rings. The quantitative estimate of drug-likeness (QED) is 0.169. The number of carbonyl (C=O) groups is 5. The number of aliphatic hydroxyl groups excluding tert-OH is 2. The zero-order valence-corrected chi connectivity index (χ0v) is 19.9. The van der Waals surface area contributed by atoms with Crippen LogP contribution in [-0.2, 0) is 41.8 Å². The number of rotatable bonds is 7. The van der Waals surface area contributed by atoms with Crippen molar-refractivity contribution in [3.05, 3.63) is 45.7 Å². The molecule has 0 unspecified atom stereocenters. The highest BCUT2D eigenvalue weighted by Crippen LogP contribution is 2.53. The van der Waals surface area contributed by atoms with Crippen LogP contribution < -0.4 is 5.73 Å². The number of carbonyl (C=O) groups excluding carboxylic acids is 5. The Morgan fingerprint density at radius 1 is 1.22 bits per heavy atom. The number of primary amides is 1. The van der Waals surface area contributed by atoms with E-state index in [1.807, 2.05) is 0 Å². The summed E-state index contributed by atoms with van der Waals surface area (Å²) >= 11 is 0. The summed E-state index contributed by atoms with van der Waals surface area (Å²) in [6, 6.07) is 1.11. The number of ketones is 2. The normalized spacial score (nSPS) is 27.0. The van der Waals surface area contributed by atoms with E-state index in [2.05, 4.69) is 0 Å². The summed E-state index contributed by atoms with van der Waals surface area (Å²) in [5.74, 6) is -8.66. The topological polar surface area (TPSA) is 208 Å². The molecule has 4 atom stereocenters. The molecule has 1 saturated carbocycles. The number of hydroxylamine groups is 2. The van der Waals surface area contributed by atoms with E-state index in [9.17, 15) is 44.4 Å². The first kappa shape index (κ1) is 26.0. The van der Waals surface area contributed by atoms with Crippen LogP contribution in [-0.4, -0.2) is 86.5 Å². The lowest BCUT2D eigenvalue weighted by Crippen LogP contribution is -2.66. The zero-order chi connectivity index (χ0) is 27.4. The highest BCUT2D eigenvalue weighted by molar-refractivity contribution is 6.25. The van der Waals surface area contributed by atoms with Crippen LogP contribution in [0.1, 0.15) is 23.1 Å². The Bertz CT molecular complexity index is 1290. The molecular weight excluding hydrogens is 490 g/mol. The molecule has 6 N–H and O–H groups in total. The maximum absolute atomic E-state index is 13.8. The molecule has 0 heterocycles. The smallest absolute Gasteiger partial charge is 0.255 e. The molecule has 0 saturated heterocycles. The number of hydrogen-bond acceptors (Lipinski definition) is 11. The summed E-state index contributed by atoms with van der Waals surface area (Å²) in [7, 11) is 3.11. The Balaban J connectivity index is 1.96. The van der Waals surface area contributed by atoms with Gasteiger partial charge in [-0.05, 0) is 36.0 Å². The van der Waals surface area contributed by atoms with E-state index < -0.39 is 58.0 Å². The van der Waals surface area contributed by atoms with Crippen molar-refractivity contribution in [1.82, 2.24) is 9.96 Å². The number of phenolic OH excluding ortho intramolecular Hbond substituents is 1. The van der Waals surface area contributed by atoms with Crippen molar-refractivity contribution in [3.63, 3.8) is 0 Å². The zero-order valence-electron chi connectivity index (χ0n) is 19.9. The van der Waals surface area contributed by atoms with Crippen LogP contribution in [0.2, 0.25) is 0 Å². The molecule has 196 valence electrons. The van der Waals surface area contributed by atoms with Gasteiger partial charge in [0.05, 0.1) is 12.7 Å². The van der Waals surface area contributed by atoms with Gasteiger partial charge in [0.2, 0.25) is 18.6 Å². The van der Waals surface area contributed by atoms with E-state index in [-0.39, 0.29) is 49.1 Å². The van der Waals surface area contributed by atoms with Crippen molar-refractivity contribution >= 4 is 36.1 Å². The monoisotopic (exact) mass is 515 g/mol. The van der Waals surface area contributed by atoms with Gasteiger partial charge >= 0.3 is 0 Å². The molecule has 1 fully saturated rings. The molecule has 3 amide bonds. The van der Waals surface area contributed by atoms with E-state index >= 15 is 0 Å². The molecule has 4 rings (SSSR count). The minimum absolute atomic E-state index is 0.00281. The van der Waals surface area contributed by atoms with Crippen molar-refractivity contribution < 1.29 is 49.2 Å². The highest BCUT2D eigenvalue weighted by Gasteiger charge is 2.64. The number of imide groups is 1. The summed E-state index contributed by atoms with van der Waals surface area (Å²) in [5, 5.41) is 45.5. The Morgan fingerprint density at radius 3 is 2.43 bits per heavy atom. The van der Waals surface area contributed by atoms with Crippen LogP contribution in [0.15, 0.2) is 29.0 Å². The van der Waals surface area contributed by atoms with Crippen LogP contribution in [0.5, 0.6) is 5.75 Å². The Hall–Kier alpha value is -4.07. The van der Waals surface area contributed by atoms with E-state index in [4.69, 9.17) is 10.6 Å². The van der Waals surface area contributed by atoms with Crippen molar-refractivity contribution in [2.24, 2.45) is 17.6 Å². The third kappa shape index (κ3) is 3.62. The highest BCUT2D eigenvalue weighted by atomic mass is 16.7. The maximum atomic E-state index is 13.8. The molecule has 0 aromatic heterocycles. The molecule has 13 heteroatoms. The van der Waals surface area contributed by atoms with Gasteiger partial charge in [0, 0.05) is 25.1 Å². The molecule has 0 aliphatic heterocycles. The fourth-order valence-electron chi connectivity index (χ4n) is 5.67. The predicted octanol–water partition coefficient (Wildman–Crippen LogP) is -0.990. The molecule has 37 heavy (non-hydrogen) atoms. The molecule has 0 bridgehead atoms. The van der Waals surface area contributed by atoms with Crippen molar-refractivity contribution in [3.8, 4) is 5.75 Å². The van der Waals surface area contributed by atoms with Crippen LogP contribution in [0.25, 0.3) is 5.76 Å². The second kappa shape index (κ2) is 9.10. The first-order valence-corrected chi connectivity index (χ1v) is 11.2. The summed E-state index contributed by atoms with van der Waals surface area (Å²) in [4.78, 5) is 67.6. The Kier molecular flexibility index (Phi) is 6.40. The molecule has 13 nitrogen and oxygen atoms in total. The number of benzene rings is 1. The second-order valence-electron chi connectivity index (χ2n) is 9.22. The fraction of sp³-hybridized carbons (Fsp3) is 0.375. The molecule has 0 radical (unpaired) electrons. The van der Waals surface area contributed by atoms with Crippen LogP contribution in [0, 0.1) is 11.8 Å². The molecule has 0 spiro atoms. The van der Waals surface area contributed by atoms with Gasteiger partial charge in [-0.3, -0.25) is 28.9 Å². The van der Waals surface area contributed by atoms with E-state index in [1.165, 1.54) is 18.2 Å². The van der Waals surface area contributed by atoms with Crippen molar-refractivity contribution in [2.75, 3.05) is 14.2 Å². The summed E-state index contributed by atoms with van der Waals surface area (Å²) in [5.41, 5.74) is 1.87. The number of nitrogens with two attached hydrogens (primary N) is 1. The average molecular weight is 515 g/mol. The largest absolute Gasteiger partial charge is 0.508 e. The van der Waals surface area contributed by atoms with E-state index in [0.29, 0.717) is 16.0 Å². The third-order valence-electron chi connectivity index (χ3n) is 7.41. The number of Topliss-reactive ketones (excluding diaryl/α,β-unsaturated/α-hetero) is 2. The maximum Gasteiger partial charge on any atom is 0.255 e. The molecule has 1 aromatic carbocycles. The van der Waals surface area contributed by atoms with Gasteiger partial charge < -0.3 is 31.0 Å². The standard InChI is InChI=1S/C24H25N3O10/c1-26(37-2)7-10-3-4-14(30)16-12(10)5-11-6-13-18(27(8-28)9-29)20(32)17(23(25)35)22(34)24(13,36)21(33)15(11)19(16)31/h3-4,8-9,11,13,18,30-31,34,36H,5-7H2,1-2H3,(H2,25,35)/t11-,13-,18-,24-/m0/s1. The SMILES string of the molecule is CON(C)Cc1ccc(O)c2c1C[C@H]1C[C@H]3[C@H](N(C=O)C=O)C(=O)C(C(N)=O)=C(O)[C@@]3(O)C(=O)C1=C2O. The van der Waals surface area contributed by atoms with Crippen molar-refractivity contribution in [2.45, 2.75) is 31.0 Å². The number of hydrogen-bond donors (Lipinski definition) is 5. The second-order valence-corrected chi connectivity index (χ2v) is 9.22. The van der Waals surface area contributed by atoms with Gasteiger partial charge in [0.25, 0.3) is 5.91 Å². The average Bonchev–Trinajstić information content (AvgIpc) is 2.85. The third-order valence-corrected chi connectivity index (χ3v) is 7.41. The summed E-state index contributed by atoms with van der Waals surface area (Å²) < 4.78 is 0. The van der Waals surface area contributed by atoms with Crippen LogP contribution in [0.4, 0.5) is 0 Å². The van der Waals surface area contributed by atoms with E-state index in [1.54, 1.807) is 13.1 Å². The number of fused-ring (bicyclic) bond motifs is 3. The number of aromatic hydroxyl groups is 1. The van der Waals surface area contributed by atoms with Gasteiger partial charge in [0.15, 0.2) is 11.4 Å². The Morgan fingerprint density at radius 2 is 1.86 bits per heavy atom. The first-order valence-electron chi connectivity index (χ1n) is 11.2. The Labute approximate surface area is 210 Å². The summed E-state index contributed by atoms with van der Waals surface area (Å²) in [6.45, 7) is 0.242. The predicted molar refractivity (Wildman–Crippen MR) is 123 cm³/mol. The number of amides is 3. The molecule has 3 aliphatic rings. The van der Waals surface area contributed by atoms with Gasteiger partial charge in [-0.1, -0.05) is 6.07 Å². The minimum atomic E-state index is -2.96. The molecular formula is C24H25N3O10. The lowest BCUT2D eigenvalue weighted by molar-refractivity contribution is -0.159. The number of aliphatic hydroxyl groups is 3. The van der Waals surface area contributed by atoms with Gasteiger partial charge in [-0.15, -0.1) is 0 Å². The van der Waals surface area contributed by atoms with Crippen molar-refractivity contribution in [1.29, 1.82) is 0 Å². The van der Waals surface area contributed by atoms with Crippen LogP contribution >= 0.6 is 0 Å². The van der Waals surface area contributed by atoms with E-state index in [0.717, 1.165) is 0 Å².